The molecule has 0 aromatic carbocycles. The van der Waals surface area contributed by atoms with Crippen molar-refractivity contribution < 1.29 is 4.39 Å². The van der Waals surface area contributed by atoms with E-state index in [2.05, 4.69) is 5.10 Å². The van der Waals surface area contributed by atoms with Crippen LogP contribution in [0, 0.1) is 13.8 Å². The lowest BCUT2D eigenvalue weighted by Crippen LogP contribution is -2.10. The molecule has 1 heterocycles. The van der Waals surface area contributed by atoms with E-state index >= 15 is 0 Å². The Morgan fingerprint density at radius 1 is 1.64 bits per heavy atom. The zero-order valence-electron chi connectivity index (χ0n) is 7.13. The van der Waals surface area contributed by atoms with Gasteiger partial charge in [-0.1, -0.05) is 0 Å². The molecule has 1 rings (SSSR count). The van der Waals surface area contributed by atoms with Crippen LogP contribution >= 0.6 is 0 Å². The van der Waals surface area contributed by atoms with Crippen LogP contribution in [0.2, 0.25) is 0 Å². The fraction of sp³-hybridized carbons (Fsp3) is 0.625. The van der Waals surface area contributed by atoms with Gasteiger partial charge in [-0.25, -0.2) is 4.39 Å². The topological polar surface area (TPSA) is 17.8 Å². The van der Waals surface area contributed by atoms with Crippen molar-refractivity contribution in [3.8, 4) is 0 Å². The number of aromatic nitrogens is 2. The van der Waals surface area contributed by atoms with Gasteiger partial charge in [-0.05, 0) is 26.3 Å². The Kier molecular flexibility index (Phi) is 2.27. The summed E-state index contributed by atoms with van der Waals surface area (Å²) in [7, 11) is 0. The first-order chi connectivity index (χ1) is 5.11. The molecule has 0 spiro atoms. The van der Waals surface area contributed by atoms with Crippen molar-refractivity contribution in [2.45, 2.75) is 33.5 Å². The molecule has 62 valence electrons. The van der Waals surface area contributed by atoms with Crippen LogP contribution in [-0.4, -0.2) is 16.0 Å². The number of alkyl halides is 1. The molecule has 1 aromatic heterocycles. The maximum absolute atomic E-state index is 12.5. The molecule has 3 heteroatoms. The van der Waals surface area contributed by atoms with E-state index in [4.69, 9.17) is 0 Å². The third-order valence-electron chi connectivity index (χ3n) is 1.77. The van der Waals surface area contributed by atoms with Crippen LogP contribution in [0.5, 0.6) is 0 Å². The number of nitrogens with zero attached hydrogens (tertiary/aromatic N) is 2. The molecule has 0 saturated heterocycles. The molecular weight excluding hydrogens is 143 g/mol. The number of aryl methyl sites for hydroxylation is 1. The van der Waals surface area contributed by atoms with E-state index in [0.29, 0.717) is 6.54 Å². The van der Waals surface area contributed by atoms with Crippen LogP contribution in [0.3, 0.4) is 0 Å². The average Bonchev–Trinajstić information content (AvgIpc) is 2.18. The average molecular weight is 156 g/mol. The summed E-state index contributed by atoms with van der Waals surface area (Å²) in [4.78, 5) is 0. The fourth-order valence-corrected chi connectivity index (χ4v) is 0.962. The SMILES string of the molecule is Cc1cnn(CC(C)F)c1C. The minimum atomic E-state index is -0.826. The lowest BCUT2D eigenvalue weighted by Gasteiger charge is -2.04. The molecule has 1 unspecified atom stereocenters. The van der Waals surface area contributed by atoms with Crippen LogP contribution in [0.1, 0.15) is 18.2 Å². The molecule has 11 heavy (non-hydrogen) atoms. The van der Waals surface area contributed by atoms with Gasteiger partial charge in [-0.15, -0.1) is 0 Å². The highest BCUT2D eigenvalue weighted by molar-refractivity contribution is 5.13. The Labute approximate surface area is 66.0 Å². The first-order valence-corrected chi connectivity index (χ1v) is 3.74. The molecule has 0 radical (unpaired) electrons. The normalized spacial score (nSPS) is 13.5. The third kappa shape index (κ3) is 1.79. The second kappa shape index (κ2) is 3.03. The van der Waals surface area contributed by atoms with Crippen molar-refractivity contribution in [3.63, 3.8) is 0 Å². The molecule has 0 aliphatic rings. The third-order valence-corrected chi connectivity index (χ3v) is 1.77. The van der Waals surface area contributed by atoms with Gasteiger partial charge in [0.05, 0.1) is 12.7 Å². The summed E-state index contributed by atoms with van der Waals surface area (Å²) >= 11 is 0. The van der Waals surface area contributed by atoms with Gasteiger partial charge in [0.25, 0.3) is 0 Å². The van der Waals surface area contributed by atoms with Crippen LogP contribution in [-0.2, 0) is 6.54 Å². The van der Waals surface area contributed by atoms with E-state index in [1.165, 1.54) is 6.92 Å². The number of halogens is 1. The Bertz CT molecular complexity index is 240. The molecule has 2 nitrogen and oxygen atoms in total. The lowest BCUT2D eigenvalue weighted by molar-refractivity contribution is 0.307. The van der Waals surface area contributed by atoms with E-state index in [0.717, 1.165) is 11.3 Å². The standard InChI is InChI=1S/C8H13FN2/c1-6-4-10-11(8(6)3)5-7(2)9/h4,7H,5H2,1-3H3. The first kappa shape index (κ1) is 8.24. The van der Waals surface area contributed by atoms with Gasteiger partial charge < -0.3 is 0 Å². The summed E-state index contributed by atoms with van der Waals surface area (Å²) in [5, 5.41) is 4.03. The van der Waals surface area contributed by atoms with Crippen molar-refractivity contribution in [2.75, 3.05) is 0 Å². The molecule has 1 aromatic rings. The van der Waals surface area contributed by atoms with E-state index in [-0.39, 0.29) is 0 Å². The second-order valence-corrected chi connectivity index (χ2v) is 2.88. The summed E-state index contributed by atoms with van der Waals surface area (Å²) in [6, 6.07) is 0. The van der Waals surface area contributed by atoms with Gasteiger partial charge in [0, 0.05) is 5.69 Å². The smallest absolute Gasteiger partial charge is 0.117 e. The highest BCUT2D eigenvalue weighted by atomic mass is 19.1. The minimum absolute atomic E-state index is 0.361. The largest absolute Gasteiger partial charge is 0.267 e. The summed E-state index contributed by atoms with van der Waals surface area (Å²) in [6.45, 7) is 5.82. The molecule has 0 amide bonds. The van der Waals surface area contributed by atoms with E-state index in [9.17, 15) is 4.39 Å². The molecule has 0 aliphatic carbocycles. The fourth-order valence-electron chi connectivity index (χ4n) is 0.962. The van der Waals surface area contributed by atoms with Crippen LogP contribution < -0.4 is 0 Å². The van der Waals surface area contributed by atoms with E-state index in [1.54, 1.807) is 10.9 Å². The Hall–Kier alpha value is -0.860. The van der Waals surface area contributed by atoms with Gasteiger partial charge in [-0.2, -0.15) is 5.10 Å². The summed E-state index contributed by atoms with van der Waals surface area (Å²) in [5.41, 5.74) is 2.17. The molecular formula is C8H13FN2. The van der Waals surface area contributed by atoms with Gasteiger partial charge in [0.2, 0.25) is 0 Å². The molecule has 0 bridgehead atoms. The van der Waals surface area contributed by atoms with Crippen molar-refractivity contribution in [1.29, 1.82) is 0 Å². The zero-order chi connectivity index (χ0) is 8.43. The number of rotatable bonds is 2. The van der Waals surface area contributed by atoms with Crippen LogP contribution in [0.4, 0.5) is 4.39 Å². The Morgan fingerprint density at radius 2 is 2.27 bits per heavy atom. The Balaban J connectivity index is 2.79. The van der Waals surface area contributed by atoms with Gasteiger partial charge in [-0.3, -0.25) is 4.68 Å². The predicted molar refractivity (Wildman–Crippen MR) is 42.3 cm³/mol. The van der Waals surface area contributed by atoms with Crippen LogP contribution in [0.25, 0.3) is 0 Å². The summed E-state index contributed by atoms with van der Waals surface area (Å²) < 4.78 is 14.2. The molecule has 0 aliphatic heterocycles. The number of hydrogen-bond donors (Lipinski definition) is 0. The summed E-state index contributed by atoms with van der Waals surface area (Å²) in [6.07, 6.45) is 0.936. The van der Waals surface area contributed by atoms with Crippen molar-refractivity contribution in [3.05, 3.63) is 17.5 Å². The lowest BCUT2D eigenvalue weighted by atomic mass is 10.3. The molecule has 0 fully saturated rings. The van der Waals surface area contributed by atoms with Gasteiger partial charge >= 0.3 is 0 Å². The molecule has 0 saturated carbocycles. The van der Waals surface area contributed by atoms with Gasteiger partial charge in [0.1, 0.15) is 6.17 Å². The monoisotopic (exact) mass is 156 g/mol. The first-order valence-electron chi connectivity index (χ1n) is 3.74. The minimum Gasteiger partial charge on any atom is -0.267 e. The second-order valence-electron chi connectivity index (χ2n) is 2.88. The maximum Gasteiger partial charge on any atom is 0.117 e. The maximum atomic E-state index is 12.5. The van der Waals surface area contributed by atoms with E-state index in [1.807, 2.05) is 13.8 Å². The zero-order valence-corrected chi connectivity index (χ0v) is 7.13. The van der Waals surface area contributed by atoms with Gasteiger partial charge in [0.15, 0.2) is 0 Å². The highest BCUT2D eigenvalue weighted by Crippen LogP contribution is 2.06. The number of hydrogen-bond acceptors (Lipinski definition) is 1. The van der Waals surface area contributed by atoms with Crippen LogP contribution in [0.15, 0.2) is 6.20 Å². The molecule has 0 N–H and O–H groups in total. The van der Waals surface area contributed by atoms with Crippen molar-refractivity contribution in [1.82, 2.24) is 9.78 Å². The van der Waals surface area contributed by atoms with Crippen molar-refractivity contribution in [2.24, 2.45) is 0 Å². The predicted octanol–water partition coefficient (Wildman–Crippen LogP) is 1.86. The highest BCUT2D eigenvalue weighted by Gasteiger charge is 2.04. The quantitative estimate of drug-likeness (QED) is 0.639. The van der Waals surface area contributed by atoms with Crippen molar-refractivity contribution >= 4 is 0 Å². The summed E-state index contributed by atoms with van der Waals surface area (Å²) in [5.74, 6) is 0. The van der Waals surface area contributed by atoms with E-state index < -0.39 is 6.17 Å². The molecule has 1 atom stereocenters. The Morgan fingerprint density at radius 3 is 2.64 bits per heavy atom.